The number of halogens is 2. The van der Waals surface area contributed by atoms with Gasteiger partial charge in [-0.1, -0.05) is 51.8 Å². The van der Waals surface area contributed by atoms with Gasteiger partial charge in [0.15, 0.2) is 17.7 Å². The molecule has 0 aliphatic carbocycles. The van der Waals surface area contributed by atoms with Crippen LogP contribution in [0.4, 0.5) is 0 Å². The zero-order chi connectivity index (χ0) is 20.8. The highest BCUT2D eigenvalue weighted by molar-refractivity contribution is 9.10. The van der Waals surface area contributed by atoms with Gasteiger partial charge in [0.1, 0.15) is 0 Å². The number of ether oxygens (including phenoxy) is 1. The third-order valence-corrected chi connectivity index (χ3v) is 5.06. The lowest BCUT2D eigenvalue weighted by Crippen LogP contribution is -2.34. The summed E-state index contributed by atoms with van der Waals surface area (Å²) in [5, 5.41) is 3.26. The molecule has 0 aliphatic rings. The Balaban J connectivity index is 1.63. The lowest BCUT2D eigenvalue weighted by molar-refractivity contribution is -0.145. The third kappa shape index (κ3) is 5.46. The van der Waals surface area contributed by atoms with Crippen molar-refractivity contribution in [1.82, 2.24) is 10.3 Å². The number of carbonyl (C=O) groups is 2. The summed E-state index contributed by atoms with van der Waals surface area (Å²) in [4.78, 5) is 28.7. The van der Waals surface area contributed by atoms with Crippen molar-refractivity contribution in [2.24, 2.45) is 0 Å². The molecule has 1 heterocycles. The van der Waals surface area contributed by atoms with E-state index in [4.69, 9.17) is 20.8 Å². The Hall–Kier alpha value is -2.64. The monoisotopic (exact) mass is 476 g/mol. The van der Waals surface area contributed by atoms with Crippen LogP contribution < -0.4 is 5.32 Å². The van der Waals surface area contributed by atoms with Crippen LogP contribution >= 0.6 is 27.5 Å². The second-order valence-electron chi connectivity index (χ2n) is 6.17. The topological polar surface area (TPSA) is 81.4 Å². The average molecular weight is 478 g/mol. The summed E-state index contributed by atoms with van der Waals surface area (Å²) in [7, 11) is 1.28. The fourth-order valence-corrected chi connectivity index (χ4v) is 3.21. The average Bonchev–Trinajstić information content (AvgIpc) is 3.20. The first-order valence-corrected chi connectivity index (χ1v) is 9.97. The van der Waals surface area contributed by atoms with Crippen LogP contribution in [0.25, 0.3) is 11.3 Å². The quantitative estimate of drug-likeness (QED) is 0.498. The zero-order valence-electron chi connectivity index (χ0n) is 15.5. The molecule has 3 rings (SSSR count). The first-order valence-electron chi connectivity index (χ1n) is 8.80. The van der Waals surface area contributed by atoms with E-state index in [9.17, 15) is 9.59 Å². The normalized spacial score (nSPS) is 11.7. The third-order valence-electron chi connectivity index (χ3n) is 4.20. The summed E-state index contributed by atoms with van der Waals surface area (Å²) in [5.74, 6) is 0.0836. The van der Waals surface area contributed by atoms with Crippen molar-refractivity contribution in [3.05, 3.63) is 75.7 Å². The molecule has 150 valence electrons. The van der Waals surface area contributed by atoms with Gasteiger partial charge < -0.3 is 14.5 Å². The largest absolute Gasteiger partial charge is 0.467 e. The maximum atomic E-state index is 12.4. The van der Waals surface area contributed by atoms with Gasteiger partial charge in [0.2, 0.25) is 5.91 Å². The molecule has 1 N–H and O–H groups in total. The molecule has 0 saturated carbocycles. The van der Waals surface area contributed by atoms with Crippen LogP contribution in [0.15, 0.2) is 63.6 Å². The maximum Gasteiger partial charge on any atom is 0.333 e. The minimum atomic E-state index is -0.885. The van der Waals surface area contributed by atoms with Gasteiger partial charge in [0.25, 0.3) is 0 Å². The zero-order valence-corrected chi connectivity index (χ0v) is 17.9. The molecule has 1 unspecified atom stereocenters. The molecule has 1 amide bonds. The van der Waals surface area contributed by atoms with Crippen molar-refractivity contribution < 1.29 is 18.7 Å². The van der Waals surface area contributed by atoms with Gasteiger partial charge in [-0.3, -0.25) is 4.79 Å². The number of nitrogens with one attached hydrogen (secondary N) is 1. The lowest BCUT2D eigenvalue weighted by atomic mass is 10.1. The van der Waals surface area contributed by atoms with Crippen LogP contribution in [0.2, 0.25) is 5.02 Å². The summed E-state index contributed by atoms with van der Waals surface area (Å²) in [6, 6.07) is 13.5. The lowest BCUT2D eigenvalue weighted by Gasteiger charge is -2.16. The van der Waals surface area contributed by atoms with Crippen LogP contribution in [0.3, 0.4) is 0 Å². The maximum absolute atomic E-state index is 12.4. The van der Waals surface area contributed by atoms with Crippen LogP contribution in [-0.2, 0) is 20.7 Å². The van der Waals surface area contributed by atoms with Gasteiger partial charge in [0, 0.05) is 22.9 Å². The van der Waals surface area contributed by atoms with E-state index >= 15 is 0 Å². The number of amides is 1. The number of carbonyl (C=O) groups excluding carboxylic acids is 2. The Morgan fingerprint density at radius 3 is 2.62 bits per heavy atom. The molecule has 0 saturated heterocycles. The summed E-state index contributed by atoms with van der Waals surface area (Å²) < 4.78 is 11.4. The first kappa shape index (κ1) is 21.1. The van der Waals surface area contributed by atoms with Gasteiger partial charge >= 0.3 is 5.97 Å². The summed E-state index contributed by atoms with van der Waals surface area (Å²) in [6.45, 7) is 0. The van der Waals surface area contributed by atoms with Crippen LogP contribution in [0.5, 0.6) is 0 Å². The first-order chi connectivity index (χ1) is 14.0. The molecule has 1 aromatic heterocycles. The molecular formula is C21H18BrClN2O4. The highest BCUT2D eigenvalue weighted by Crippen LogP contribution is 2.28. The van der Waals surface area contributed by atoms with E-state index in [-0.39, 0.29) is 18.7 Å². The number of hydrogen-bond donors (Lipinski definition) is 1. The van der Waals surface area contributed by atoms with Gasteiger partial charge in [-0.25, -0.2) is 9.78 Å². The van der Waals surface area contributed by atoms with Crippen molar-refractivity contribution in [3.63, 3.8) is 0 Å². The van der Waals surface area contributed by atoms with Gasteiger partial charge in [-0.2, -0.15) is 0 Å². The number of nitrogens with zero attached hydrogens (tertiary/aromatic N) is 1. The molecule has 0 bridgehead atoms. The summed E-state index contributed by atoms with van der Waals surface area (Å²) >= 11 is 9.51. The number of benzene rings is 2. The predicted octanol–water partition coefficient (Wildman–Crippen LogP) is 4.72. The van der Waals surface area contributed by atoms with Crippen LogP contribution in [0, 0.1) is 0 Å². The molecule has 6 nitrogen and oxygen atoms in total. The fourth-order valence-electron chi connectivity index (χ4n) is 2.72. The van der Waals surface area contributed by atoms with Crippen LogP contribution in [0.1, 0.15) is 23.9 Å². The molecule has 0 spiro atoms. The van der Waals surface area contributed by atoms with Crippen molar-refractivity contribution in [1.29, 1.82) is 0 Å². The molecule has 1 atom stereocenters. The molecule has 0 radical (unpaired) electrons. The number of esters is 1. The van der Waals surface area contributed by atoms with Crippen molar-refractivity contribution in [2.45, 2.75) is 18.9 Å². The Labute approximate surface area is 181 Å². The molecule has 8 heteroatoms. The molecule has 3 aromatic rings. The molecular weight excluding hydrogens is 460 g/mol. The van der Waals surface area contributed by atoms with Gasteiger partial charge in [-0.05, 0) is 29.8 Å². The van der Waals surface area contributed by atoms with Crippen molar-refractivity contribution in [2.75, 3.05) is 7.11 Å². The number of aryl methyl sites for hydroxylation is 1. The SMILES string of the molecule is COC(=O)C(NC(=O)CCc1ncc(-c2ccccc2Cl)o1)c1ccc(Br)cc1. The van der Waals surface area contributed by atoms with E-state index < -0.39 is 12.0 Å². The number of aromatic nitrogens is 1. The van der Waals surface area contributed by atoms with E-state index in [0.29, 0.717) is 22.2 Å². The Morgan fingerprint density at radius 2 is 1.93 bits per heavy atom. The highest BCUT2D eigenvalue weighted by Gasteiger charge is 2.23. The Bertz CT molecular complexity index is 1000. The van der Waals surface area contributed by atoms with E-state index in [1.54, 1.807) is 36.5 Å². The predicted molar refractivity (Wildman–Crippen MR) is 112 cm³/mol. The van der Waals surface area contributed by atoms with Crippen LogP contribution in [-0.4, -0.2) is 24.0 Å². The fraction of sp³-hybridized carbons (Fsp3) is 0.190. The molecule has 0 fully saturated rings. The standard InChI is InChI=1S/C21H18BrClN2O4/c1-28-21(27)20(13-6-8-14(22)9-7-13)25-18(26)10-11-19-24-12-17(29-19)15-4-2-3-5-16(15)23/h2-9,12,20H,10-11H2,1H3,(H,25,26). The number of rotatable bonds is 7. The smallest absolute Gasteiger partial charge is 0.333 e. The minimum Gasteiger partial charge on any atom is -0.467 e. The molecule has 2 aromatic carbocycles. The number of methoxy groups -OCH3 is 1. The van der Waals surface area contributed by atoms with Crippen molar-refractivity contribution in [3.8, 4) is 11.3 Å². The number of oxazole rings is 1. The van der Waals surface area contributed by atoms with E-state index in [2.05, 4.69) is 26.2 Å². The summed E-state index contributed by atoms with van der Waals surface area (Å²) in [5.41, 5.74) is 1.36. The second kappa shape index (κ2) is 9.71. The Kier molecular flexibility index (Phi) is 7.06. The minimum absolute atomic E-state index is 0.104. The second-order valence-corrected chi connectivity index (χ2v) is 7.50. The van der Waals surface area contributed by atoms with Crippen molar-refractivity contribution >= 4 is 39.4 Å². The van der Waals surface area contributed by atoms with E-state index in [0.717, 1.165) is 10.0 Å². The van der Waals surface area contributed by atoms with E-state index in [1.165, 1.54) is 7.11 Å². The highest BCUT2D eigenvalue weighted by atomic mass is 79.9. The van der Waals surface area contributed by atoms with E-state index in [1.807, 2.05) is 18.2 Å². The molecule has 0 aliphatic heterocycles. The van der Waals surface area contributed by atoms with Gasteiger partial charge in [0.05, 0.1) is 18.3 Å². The van der Waals surface area contributed by atoms with Gasteiger partial charge in [-0.15, -0.1) is 0 Å². The summed E-state index contributed by atoms with van der Waals surface area (Å²) in [6.07, 6.45) is 1.96. The Morgan fingerprint density at radius 1 is 1.21 bits per heavy atom. The number of hydrogen-bond acceptors (Lipinski definition) is 5. The molecule has 29 heavy (non-hydrogen) atoms.